The standard InChI is InChI=1S/C18H33NO2/c1-2-10-19-17(15-6-4-3-5-7-15)16-8-11-21-18(13-16)9-12-20-14-18/h15-17,19H,2-14H2,1H3. The van der Waals surface area contributed by atoms with Gasteiger partial charge in [-0.25, -0.2) is 0 Å². The number of nitrogens with one attached hydrogen (secondary N) is 1. The first-order chi connectivity index (χ1) is 10.3. The van der Waals surface area contributed by atoms with Gasteiger partial charge in [0.15, 0.2) is 0 Å². The Bertz CT molecular complexity index is 308. The minimum absolute atomic E-state index is 0.0593. The van der Waals surface area contributed by atoms with Crippen molar-refractivity contribution in [2.24, 2.45) is 11.8 Å². The van der Waals surface area contributed by atoms with Crippen LogP contribution >= 0.6 is 0 Å². The summed E-state index contributed by atoms with van der Waals surface area (Å²) in [5, 5.41) is 3.92. The smallest absolute Gasteiger partial charge is 0.0939 e. The molecule has 0 amide bonds. The molecule has 3 heteroatoms. The Kier molecular flexibility index (Phi) is 5.58. The fraction of sp³-hybridized carbons (Fsp3) is 1.00. The Morgan fingerprint density at radius 2 is 1.95 bits per heavy atom. The molecule has 1 aliphatic carbocycles. The van der Waals surface area contributed by atoms with Crippen LogP contribution in [0.4, 0.5) is 0 Å². The Morgan fingerprint density at radius 3 is 2.67 bits per heavy atom. The molecule has 3 nitrogen and oxygen atoms in total. The second-order valence-corrected chi connectivity index (χ2v) is 7.46. The van der Waals surface area contributed by atoms with Gasteiger partial charge < -0.3 is 14.8 Å². The third-order valence-electron chi connectivity index (χ3n) is 5.89. The first-order valence-electron chi connectivity index (χ1n) is 9.28. The minimum Gasteiger partial charge on any atom is -0.378 e. The van der Waals surface area contributed by atoms with Crippen molar-refractivity contribution in [2.45, 2.75) is 76.4 Å². The summed E-state index contributed by atoms with van der Waals surface area (Å²) >= 11 is 0. The molecule has 3 atom stereocenters. The van der Waals surface area contributed by atoms with Gasteiger partial charge in [-0.05, 0) is 50.5 Å². The van der Waals surface area contributed by atoms with Crippen LogP contribution in [0.3, 0.4) is 0 Å². The summed E-state index contributed by atoms with van der Waals surface area (Å²) in [6.07, 6.45) is 12.0. The molecule has 3 rings (SSSR count). The molecular formula is C18H33NO2. The highest BCUT2D eigenvalue weighted by Gasteiger charge is 2.44. The van der Waals surface area contributed by atoms with Crippen molar-refractivity contribution in [3.8, 4) is 0 Å². The molecule has 0 bridgehead atoms. The molecule has 2 heterocycles. The van der Waals surface area contributed by atoms with Crippen LogP contribution in [-0.4, -0.2) is 38.0 Å². The lowest BCUT2D eigenvalue weighted by atomic mass is 9.73. The summed E-state index contributed by atoms with van der Waals surface area (Å²) in [5.41, 5.74) is 0.0593. The highest BCUT2D eigenvalue weighted by Crippen LogP contribution is 2.40. The maximum atomic E-state index is 6.15. The summed E-state index contributed by atoms with van der Waals surface area (Å²) in [5.74, 6) is 1.68. The van der Waals surface area contributed by atoms with Crippen molar-refractivity contribution >= 4 is 0 Å². The molecular weight excluding hydrogens is 262 g/mol. The zero-order valence-corrected chi connectivity index (χ0v) is 13.7. The Morgan fingerprint density at radius 1 is 1.10 bits per heavy atom. The highest BCUT2D eigenvalue weighted by molar-refractivity contribution is 4.95. The molecule has 3 unspecified atom stereocenters. The molecule has 3 aliphatic rings. The van der Waals surface area contributed by atoms with Crippen LogP contribution in [0.5, 0.6) is 0 Å². The molecule has 2 aliphatic heterocycles. The topological polar surface area (TPSA) is 30.5 Å². The SMILES string of the molecule is CCCNC(C1CCCCC1)C1CCOC2(CCOC2)C1. The largest absolute Gasteiger partial charge is 0.378 e. The number of hydrogen-bond donors (Lipinski definition) is 1. The van der Waals surface area contributed by atoms with Crippen LogP contribution < -0.4 is 5.32 Å². The number of ether oxygens (including phenoxy) is 2. The second kappa shape index (κ2) is 7.43. The van der Waals surface area contributed by atoms with E-state index >= 15 is 0 Å². The summed E-state index contributed by atoms with van der Waals surface area (Å²) < 4.78 is 11.8. The molecule has 0 aromatic carbocycles. The number of rotatable bonds is 5. The monoisotopic (exact) mass is 295 g/mol. The maximum Gasteiger partial charge on any atom is 0.0939 e. The van der Waals surface area contributed by atoms with Gasteiger partial charge in [0.25, 0.3) is 0 Å². The van der Waals surface area contributed by atoms with E-state index < -0.39 is 0 Å². The van der Waals surface area contributed by atoms with E-state index in [0.29, 0.717) is 6.04 Å². The highest BCUT2D eigenvalue weighted by atomic mass is 16.6. The van der Waals surface area contributed by atoms with Gasteiger partial charge in [0.1, 0.15) is 0 Å². The summed E-state index contributed by atoms with van der Waals surface area (Å²) in [6.45, 7) is 6.10. The fourth-order valence-corrected chi connectivity index (χ4v) is 4.76. The first-order valence-corrected chi connectivity index (χ1v) is 9.28. The van der Waals surface area contributed by atoms with E-state index in [1.165, 1.54) is 57.9 Å². The fourth-order valence-electron chi connectivity index (χ4n) is 4.76. The Balaban J connectivity index is 1.65. The number of hydrogen-bond acceptors (Lipinski definition) is 3. The van der Waals surface area contributed by atoms with E-state index in [9.17, 15) is 0 Å². The van der Waals surface area contributed by atoms with Crippen LogP contribution in [-0.2, 0) is 9.47 Å². The zero-order chi connectivity index (χ0) is 14.5. The van der Waals surface area contributed by atoms with Gasteiger partial charge in [-0.2, -0.15) is 0 Å². The molecule has 0 aromatic rings. The van der Waals surface area contributed by atoms with Gasteiger partial charge in [0, 0.05) is 25.7 Å². The maximum absolute atomic E-state index is 6.15. The molecule has 3 fully saturated rings. The van der Waals surface area contributed by atoms with Gasteiger partial charge >= 0.3 is 0 Å². The summed E-state index contributed by atoms with van der Waals surface area (Å²) in [7, 11) is 0. The third-order valence-corrected chi connectivity index (χ3v) is 5.89. The third kappa shape index (κ3) is 3.80. The summed E-state index contributed by atoms with van der Waals surface area (Å²) in [6, 6.07) is 0.714. The van der Waals surface area contributed by atoms with Crippen molar-refractivity contribution in [3.63, 3.8) is 0 Å². The average Bonchev–Trinajstić information content (AvgIpc) is 2.97. The molecule has 1 saturated carbocycles. The van der Waals surface area contributed by atoms with E-state index in [-0.39, 0.29) is 5.60 Å². The molecule has 1 N–H and O–H groups in total. The predicted molar refractivity (Wildman–Crippen MR) is 85.5 cm³/mol. The lowest BCUT2D eigenvalue weighted by molar-refractivity contribution is -0.106. The second-order valence-electron chi connectivity index (χ2n) is 7.46. The van der Waals surface area contributed by atoms with E-state index in [2.05, 4.69) is 12.2 Å². The van der Waals surface area contributed by atoms with E-state index in [1.807, 2.05) is 0 Å². The van der Waals surface area contributed by atoms with Crippen molar-refractivity contribution < 1.29 is 9.47 Å². The molecule has 21 heavy (non-hydrogen) atoms. The van der Waals surface area contributed by atoms with Crippen LogP contribution in [0.15, 0.2) is 0 Å². The van der Waals surface area contributed by atoms with Gasteiger partial charge in [0.2, 0.25) is 0 Å². The van der Waals surface area contributed by atoms with Crippen molar-refractivity contribution in [1.82, 2.24) is 5.32 Å². The van der Waals surface area contributed by atoms with Crippen LogP contribution in [0.1, 0.15) is 64.7 Å². The van der Waals surface area contributed by atoms with Gasteiger partial charge in [-0.15, -0.1) is 0 Å². The summed E-state index contributed by atoms with van der Waals surface area (Å²) in [4.78, 5) is 0. The van der Waals surface area contributed by atoms with Crippen molar-refractivity contribution in [2.75, 3.05) is 26.4 Å². The minimum atomic E-state index is 0.0593. The van der Waals surface area contributed by atoms with E-state index in [0.717, 1.165) is 38.1 Å². The average molecular weight is 295 g/mol. The van der Waals surface area contributed by atoms with Gasteiger partial charge in [-0.1, -0.05) is 26.2 Å². The lowest BCUT2D eigenvalue weighted by Gasteiger charge is -2.44. The predicted octanol–water partition coefficient (Wildman–Crippen LogP) is 3.52. The first kappa shape index (κ1) is 15.8. The molecule has 0 aromatic heterocycles. The Hall–Kier alpha value is -0.120. The molecule has 0 radical (unpaired) electrons. The van der Waals surface area contributed by atoms with Crippen LogP contribution in [0, 0.1) is 11.8 Å². The quantitative estimate of drug-likeness (QED) is 0.842. The van der Waals surface area contributed by atoms with E-state index in [1.54, 1.807) is 0 Å². The van der Waals surface area contributed by atoms with Crippen LogP contribution in [0.2, 0.25) is 0 Å². The van der Waals surface area contributed by atoms with Crippen molar-refractivity contribution in [1.29, 1.82) is 0 Å². The van der Waals surface area contributed by atoms with Crippen LogP contribution in [0.25, 0.3) is 0 Å². The van der Waals surface area contributed by atoms with Gasteiger partial charge in [-0.3, -0.25) is 0 Å². The Labute approximate surface area is 130 Å². The van der Waals surface area contributed by atoms with E-state index in [4.69, 9.17) is 9.47 Å². The molecule has 122 valence electrons. The zero-order valence-electron chi connectivity index (χ0n) is 13.7. The molecule has 2 saturated heterocycles. The normalized spacial score (nSPS) is 36.1. The lowest BCUT2D eigenvalue weighted by Crippen LogP contribution is -2.50. The van der Waals surface area contributed by atoms with Crippen molar-refractivity contribution in [3.05, 3.63) is 0 Å². The molecule has 1 spiro atoms. The van der Waals surface area contributed by atoms with Gasteiger partial charge in [0.05, 0.1) is 12.2 Å².